The van der Waals surface area contributed by atoms with Crippen molar-refractivity contribution < 1.29 is 9.53 Å². The number of esters is 1. The third-order valence-corrected chi connectivity index (χ3v) is 5.89. The minimum Gasteiger partial charge on any atom is -0.455 e. The summed E-state index contributed by atoms with van der Waals surface area (Å²) in [4.78, 5) is 12.7. The van der Waals surface area contributed by atoms with Crippen LogP contribution in [0, 0.1) is 0 Å². The van der Waals surface area contributed by atoms with E-state index < -0.39 is 5.60 Å². The summed E-state index contributed by atoms with van der Waals surface area (Å²) < 4.78 is 7.01. The van der Waals surface area contributed by atoms with E-state index in [1.807, 2.05) is 37.3 Å². The molecule has 3 heteroatoms. The molecule has 0 amide bonds. The number of ether oxygens (including phenoxy) is 1. The van der Waals surface area contributed by atoms with Crippen molar-refractivity contribution in [2.24, 2.45) is 0 Å². The van der Waals surface area contributed by atoms with Crippen LogP contribution < -0.4 is 0 Å². The number of carbonyl (C=O) groups is 1. The van der Waals surface area contributed by atoms with Crippen LogP contribution in [0.5, 0.6) is 0 Å². The quantitative estimate of drug-likeness (QED) is 0.555. The number of halogens is 1. The monoisotopic (exact) mass is 388 g/mol. The van der Waals surface area contributed by atoms with Crippen LogP contribution in [0.25, 0.3) is 0 Å². The van der Waals surface area contributed by atoms with Gasteiger partial charge in [-0.3, -0.25) is 0 Å². The zero-order valence-corrected chi connectivity index (χ0v) is 16.4. The highest BCUT2D eigenvalue weighted by atomic mass is 79.9. The van der Waals surface area contributed by atoms with Gasteiger partial charge in [0.05, 0.1) is 5.56 Å². The van der Waals surface area contributed by atoms with Crippen LogP contribution in [-0.2, 0) is 10.2 Å². The maximum atomic E-state index is 12.7. The van der Waals surface area contributed by atoms with Gasteiger partial charge in [-0.25, -0.2) is 4.79 Å². The van der Waals surface area contributed by atoms with Crippen LogP contribution in [0.1, 0.15) is 56.5 Å². The van der Waals surface area contributed by atoms with Crippen molar-refractivity contribution in [3.63, 3.8) is 0 Å². The molecule has 0 heterocycles. The largest absolute Gasteiger partial charge is 0.455 e. The second-order valence-corrected chi connectivity index (χ2v) is 7.45. The highest BCUT2D eigenvalue weighted by Gasteiger charge is 2.46. The summed E-state index contributed by atoms with van der Waals surface area (Å²) in [7, 11) is 0. The van der Waals surface area contributed by atoms with Crippen molar-refractivity contribution in [1.29, 1.82) is 0 Å². The maximum absolute atomic E-state index is 12.7. The highest BCUT2D eigenvalue weighted by Crippen LogP contribution is 2.43. The first kappa shape index (κ1) is 18.7. The van der Waals surface area contributed by atoms with Gasteiger partial charge in [0, 0.05) is 9.89 Å². The number of hydrogen-bond donors (Lipinski definition) is 0. The number of benzene rings is 2. The Kier molecular flexibility index (Phi) is 5.87. The van der Waals surface area contributed by atoms with Gasteiger partial charge in [-0.1, -0.05) is 67.0 Å². The molecule has 2 atom stereocenters. The van der Waals surface area contributed by atoms with Gasteiger partial charge in [0.15, 0.2) is 0 Å². The van der Waals surface area contributed by atoms with E-state index in [2.05, 4.69) is 48.8 Å². The molecule has 24 heavy (non-hydrogen) atoms. The van der Waals surface area contributed by atoms with Gasteiger partial charge in [-0.2, -0.15) is 0 Å². The Balaban J connectivity index is 2.35. The molecular weight excluding hydrogens is 364 g/mol. The van der Waals surface area contributed by atoms with E-state index in [0.717, 1.165) is 17.3 Å². The van der Waals surface area contributed by atoms with Gasteiger partial charge < -0.3 is 4.74 Å². The molecule has 0 aliphatic heterocycles. The van der Waals surface area contributed by atoms with E-state index in [9.17, 15) is 4.79 Å². The zero-order chi connectivity index (χ0) is 17.8. The molecule has 0 fully saturated rings. The molecule has 0 N–H and O–H groups in total. The third-order valence-electron chi connectivity index (χ3n) is 5.36. The fourth-order valence-electron chi connectivity index (χ4n) is 3.11. The Morgan fingerprint density at radius 1 is 0.958 bits per heavy atom. The standard InChI is InChI=1S/C21H25BrO2/c1-5-20(3,17-10-8-7-9-11-17)21(4,6-2)24-19(23)16-12-14-18(22)15-13-16/h7-15H,5-6H2,1-4H3. The van der Waals surface area contributed by atoms with Crippen LogP contribution in [0.2, 0.25) is 0 Å². The average Bonchev–Trinajstić information content (AvgIpc) is 2.62. The Labute approximate surface area is 153 Å². The van der Waals surface area contributed by atoms with Crippen molar-refractivity contribution in [3.8, 4) is 0 Å². The van der Waals surface area contributed by atoms with Crippen LogP contribution in [0.4, 0.5) is 0 Å². The minimum atomic E-state index is -0.590. The van der Waals surface area contributed by atoms with Crippen molar-refractivity contribution in [1.82, 2.24) is 0 Å². The van der Waals surface area contributed by atoms with E-state index in [-0.39, 0.29) is 11.4 Å². The Morgan fingerprint density at radius 2 is 1.54 bits per heavy atom. The Morgan fingerprint density at radius 3 is 2.04 bits per heavy atom. The van der Waals surface area contributed by atoms with Gasteiger partial charge in [0.2, 0.25) is 0 Å². The first-order chi connectivity index (χ1) is 11.4. The molecule has 0 aliphatic rings. The number of carbonyl (C=O) groups excluding carboxylic acids is 1. The second-order valence-electron chi connectivity index (χ2n) is 6.53. The molecule has 2 unspecified atom stereocenters. The SMILES string of the molecule is CCC(C)(OC(=O)c1ccc(Br)cc1)C(C)(CC)c1ccccc1. The van der Waals surface area contributed by atoms with Crippen molar-refractivity contribution in [2.45, 2.75) is 51.6 Å². The van der Waals surface area contributed by atoms with Gasteiger partial charge in [-0.05, 0) is 49.6 Å². The molecule has 0 radical (unpaired) electrons. The van der Waals surface area contributed by atoms with Gasteiger partial charge in [0.25, 0.3) is 0 Å². The summed E-state index contributed by atoms with van der Waals surface area (Å²) in [6.45, 7) is 8.45. The van der Waals surface area contributed by atoms with Crippen LogP contribution in [0.3, 0.4) is 0 Å². The van der Waals surface area contributed by atoms with Crippen molar-refractivity contribution >= 4 is 21.9 Å². The number of rotatable bonds is 6. The van der Waals surface area contributed by atoms with E-state index in [0.29, 0.717) is 5.56 Å². The van der Waals surface area contributed by atoms with E-state index in [1.54, 1.807) is 12.1 Å². The summed E-state index contributed by atoms with van der Waals surface area (Å²) >= 11 is 3.39. The van der Waals surface area contributed by atoms with Crippen molar-refractivity contribution in [3.05, 3.63) is 70.2 Å². The molecule has 0 aromatic heterocycles. The predicted octanol–water partition coefficient (Wildman–Crippen LogP) is 6.14. The highest BCUT2D eigenvalue weighted by molar-refractivity contribution is 9.10. The van der Waals surface area contributed by atoms with Crippen LogP contribution in [-0.4, -0.2) is 11.6 Å². The molecule has 0 spiro atoms. The normalized spacial score (nSPS) is 16.0. The predicted molar refractivity (Wildman–Crippen MR) is 102 cm³/mol. The first-order valence-electron chi connectivity index (χ1n) is 8.40. The molecule has 0 saturated heterocycles. The lowest BCUT2D eigenvalue weighted by Gasteiger charge is -2.45. The van der Waals surface area contributed by atoms with E-state index >= 15 is 0 Å². The lowest BCUT2D eigenvalue weighted by atomic mass is 9.66. The minimum absolute atomic E-state index is 0.256. The maximum Gasteiger partial charge on any atom is 0.338 e. The lowest BCUT2D eigenvalue weighted by molar-refractivity contribution is -0.0540. The summed E-state index contributed by atoms with van der Waals surface area (Å²) in [5, 5.41) is 0. The Bertz CT molecular complexity index is 681. The van der Waals surface area contributed by atoms with Crippen LogP contribution in [0.15, 0.2) is 59.1 Å². The third kappa shape index (κ3) is 3.56. The van der Waals surface area contributed by atoms with E-state index in [4.69, 9.17) is 4.74 Å². The van der Waals surface area contributed by atoms with Crippen LogP contribution >= 0.6 is 15.9 Å². The lowest BCUT2D eigenvalue weighted by Crippen LogP contribution is -2.50. The molecule has 128 valence electrons. The van der Waals surface area contributed by atoms with Gasteiger partial charge in [-0.15, -0.1) is 0 Å². The number of hydrogen-bond acceptors (Lipinski definition) is 2. The molecule has 2 aromatic carbocycles. The smallest absolute Gasteiger partial charge is 0.338 e. The topological polar surface area (TPSA) is 26.3 Å². The summed E-state index contributed by atoms with van der Waals surface area (Å²) in [5.41, 5.74) is 0.922. The fraction of sp³-hybridized carbons (Fsp3) is 0.381. The summed E-state index contributed by atoms with van der Waals surface area (Å²) in [6, 6.07) is 17.6. The molecule has 2 aromatic rings. The average molecular weight is 389 g/mol. The first-order valence-corrected chi connectivity index (χ1v) is 9.20. The molecule has 0 bridgehead atoms. The summed E-state index contributed by atoms with van der Waals surface area (Å²) in [6.07, 6.45) is 1.63. The van der Waals surface area contributed by atoms with Gasteiger partial charge in [0.1, 0.15) is 5.60 Å². The molecule has 0 aliphatic carbocycles. The summed E-state index contributed by atoms with van der Waals surface area (Å²) in [5.74, 6) is -0.276. The molecule has 2 rings (SSSR count). The van der Waals surface area contributed by atoms with E-state index in [1.165, 1.54) is 5.56 Å². The second kappa shape index (κ2) is 7.52. The Hall–Kier alpha value is -1.61. The fourth-order valence-corrected chi connectivity index (χ4v) is 3.38. The van der Waals surface area contributed by atoms with Gasteiger partial charge >= 0.3 is 5.97 Å². The molecule has 0 saturated carbocycles. The molecular formula is C21H25BrO2. The molecule has 2 nitrogen and oxygen atoms in total. The van der Waals surface area contributed by atoms with Crippen molar-refractivity contribution in [2.75, 3.05) is 0 Å². The zero-order valence-electron chi connectivity index (χ0n) is 14.8.